The van der Waals surface area contributed by atoms with E-state index in [1.165, 1.54) is 13.0 Å². The van der Waals surface area contributed by atoms with Gasteiger partial charge in [0.15, 0.2) is 0 Å². The monoisotopic (exact) mass is 200 g/mol. The summed E-state index contributed by atoms with van der Waals surface area (Å²) in [5.74, 6) is 0.741. The van der Waals surface area contributed by atoms with Crippen molar-refractivity contribution in [2.45, 2.75) is 32.7 Å². The Morgan fingerprint density at radius 1 is 1.36 bits per heavy atom. The lowest BCUT2D eigenvalue weighted by Gasteiger charge is -2.34. The Kier molecular flexibility index (Phi) is 5.45. The summed E-state index contributed by atoms with van der Waals surface area (Å²) < 4.78 is 5.47. The number of rotatable bonds is 5. The fourth-order valence-electron chi connectivity index (χ4n) is 2.14. The molecule has 2 unspecified atom stereocenters. The number of likely N-dealkylation sites (tertiary alicyclic amines) is 1. The maximum Gasteiger partial charge on any atom is 0.0593 e. The first-order chi connectivity index (χ1) is 6.72. The lowest BCUT2D eigenvalue weighted by Crippen LogP contribution is -2.47. The lowest BCUT2D eigenvalue weighted by molar-refractivity contribution is 0.0825. The van der Waals surface area contributed by atoms with Gasteiger partial charge < -0.3 is 10.5 Å². The van der Waals surface area contributed by atoms with Crippen LogP contribution in [0.3, 0.4) is 0 Å². The summed E-state index contributed by atoms with van der Waals surface area (Å²) >= 11 is 0. The van der Waals surface area contributed by atoms with Gasteiger partial charge in [-0.15, -0.1) is 0 Å². The van der Waals surface area contributed by atoms with Gasteiger partial charge in [0.05, 0.1) is 6.61 Å². The second-order valence-electron chi connectivity index (χ2n) is 4.47. The van der Waals surface area contributed by atoms with Gasteiger partial charge in [-0.05, 0) is 18.8 Å². The Labute approximate surface area is 87.6 Å². The predicted molar refractivity (Wildman–Crippen MR) is 59.3 cm³/mol. The number of nitrogens with two attached hydrogens (primary N) is 1. The van der Waals surface area contributed by atoms with Crippen LogP contribution in [0.2, 0.25) is 0 Å². The molecular formula is C11H24N2O. The maximum atomic E-state index is 5.96. The van der Waals surface area contributed by atoms with E-state index in [1.807, 2.05) is 0 Å². The molecule has 0 radical (unpaired) electrons. The summed E-state index contributed by atoms with van der Waals surface area (Å²) in [5.41, 5.74) is 5.96. The van der Waals surface area contributed by atoms with Gasteiger partial charge in [0.1, 0.15) is 0 Å². The van der Waals surface area contributed by atoms with Crippen molar-refractivity contribution in [1.82, 2.24) is 4.90 Å². The number of hydrogen-bond donors (Lipinski definition) is 1. The minimum atomic E-state index is 0.366. The molecule has 0 aromatic rings. The van der Waals surface area contributed by atoms with Crippen molar-refractivity contribution in [3.63, 3.8) is 0 Å². The van der Waals surface area contributed by atoms with E-state index in [0.717, 1.165) is 38.6 Å². The molecule has 84 valence electrons. The summed E-state index contributed by atoms with van der Waals surface area (Å²) in [4.78, 5) is 2.43. The molecule has 14 heavy (non-hydrogen) atoms. The topological polar surface area (TPSA) is 38.5 Å². The van der Waals surface area contributed by atoms with E-state index in [9.17, 15) is 0 Å². The zero-order chi connectivity index (χ0) is 10.4. The third kappa shape index (κ3) is 4.40. The number of nitrogens with zero attached hydrogens (tertiary/aromatic N) is 1. The first-order valence-electron chi connectivity index (χ1n) is 5.78. The van der Waals surface area contributed by atoms with E-state index in [0.29, 0.717) is 6.04 Å². The normalized spacial score (nSPS) is 29.4. The first kappa shape index (κ1) is 12.0. The second-order valence-corrected chi connectivity index (χ2v) is 4.47. The van der Waals surface area contributed by atoms with Crippen LogP contribution in [0.4, 0.5) is 0 Å². The summed E-state index contributed by atoms with van der Waals surface area (Å²) in [6.45, 7) is 9.42. The SMILES string of the molecule is CCCOCCN1CC(C)CC(N)C1. The van der Waals surface area contributed by atoms with Gasteiger partial charge in [0, 0.05) is 32.3 Å². The van der Waals surface area contributed by atoms with Gasteiger partial charge in [0.25, 0.3) is 0 Å². The van der Waals surface area contributed by atoms with E-state index < -0.39 is 0 Å². The van der Waals surface area contributed by atoms with Crippen LogP contribution in [0, 0.1) is 5.92 Å². The van der Waals surface area contributed by atoms with Crippen LogP contribution in [0.5, 0.6) is 0 Å². The lowest BCUT2D eigenvalue weighted by atomic mass is 9.97. The highest BCUT2D eigenvalue weighted by molar-refractivity contribution is 4.78. The van der Waals surface area contributed by atoms with Crippen molar-refractivity contribution >= 4 is 0 Å². The summed E-state index contributed by atoms with van der Waals surface area (Å²) in [6, 6.07) is 0.366. The molecule has 1 aliphatic rings. The Morgan fingerprint density at radius 2 is 2.14 bits per heavy atom. The van der Waals surface area contributed by atoms with Crippen LogP contribution in [0.15, 0.2) is 0 Å². The number of ether oxygens (including phenoxy) is 1. The number of hydrogen-bond acceptors (Lipinski definition) is 3. The van der Waals surface area contributed by atoms with E-state index in [4.69, 9.17) is 10.5 Å². The minimum absolute atomic E-state index is 0.366. The molecule has 2 atom stereocenters. The van der Waals surface area contributed by atoms with Gasteiger partial charge in [-0.2, -0.15) is 0 Å². The summed E-state index contributed by atoms with van der Waals surface area (Å²) in [5, 5.41) is 0. The van der Waals surface area contributed by atoms with Gasteiger partial charge in [-0.3, -0.25) is 4.90 Å². The van der Waals surface area contributed by atoms with Crippen LogP contribution in [0.25, 0.3) is 0 Å². The van der Waals surface area contributed by atoms with Crippen LogP contribution >= 0.6 is 0 Å². The second kappa shape index (κ2) is 6.38. The molecule has 0 aromatic carbocycles. The fraction of sp³-hybridized carbons (Fsp3) is 1.00. The predicted octanol–water partition coefficient (Wildman–Crippen LogP) is 1.08. The highest BCUT2D eigenvalue weighted by atomic mass is 16.5. The molecule has 1 aliphatic heterocycles. The molecule has 1 saturated heterocycles. The smallest absolute Gasteiger partial charge is 0.0593 e. The molecule has 0 saturated carbocycles. The Bertz CT molecular complexity index is 142. The van der Waals surface area contributed by atoms with Crippen LogP contribution < -0.4 is 5.73 Å². The summed E-state index contributed by atoms with van der Waals surface area (Å²) in [7, 11) is 0. The van der Waals surface area contributed by atoms with Crippen LogP contribution in [-0.4, -0.2) is 43.8 Å². The van der Waals surface area contributed by atoms with E-state index >= 15 is 0 Å². The van der Waals surface area contributed by atoms with Crippen molar-refractivity contribution in [3.8, 4) is 0 Å². The first-order valence-corrected chi connectivity index (χ1v) is 5.78. The molecule has 0 aliphatic carbocycles. The largest absolute Gasteiger partial charge is 0.380 e. The van der Waals surface area contributed by atoms with Crippen molar-refractivity contribution < 1.29 is 4.74 Å². The molecule has 1 rings (SSSR count). The van der Waals surface area contributed by atoms with Gasteiger partial charge >= 0.3 is 0 Å². The van der Waals surface area contributed by atoms with Crippen molar-refractivity contribution in [2.75, 3.05) is 32.8 Å². The zero-order valence-electron chi connectivity index (χ0n) is 9.54. The Morgan fingerprint density at radius 3 is 2.79 bits per heavy atom. The molecule has 1 heterocycles. The number of piperidine rings is 1. The van der Waals surface area contributed by atoms with Gasteiger partial charge in [-0.25, -0.2) is 0 Å². The van der Waals surface area contributed by atoms with E-state index in [1.54, 1.807) is 0 Å². The van der Waals surface area contributed by atoms with Crippen LogP contribution in [0.1, 0.15) is 26.7 Å². The molecule has 1 fully saturated rings. The average molecular weight is 200 g/mol. The molecule has 0 spiro atoms. The Hall–Kier alpha value is -0.120. The van der Waals surface area contributed by atoms with E-state index in [2.05, 4.69) is 18.7 Å². The molecular weight excluding hydrogens is 176 g/mol. The third-order valence-electron chi connectivity index (χ3n) is 2.67. The quantitative estimate of drug-likeness (QED) is 0.675. The molecule has 3 nitrogen and oxygen atoms in total. The fourth-order valence-corrected chi connectivity index (χ4v) is 2.14. The van der Waals surface area contributed by atoms with Gasteiger partial charge in [0.2, 0.25) is 0 Å². The van der Waals surface area contributed by atoms with E-state index in [-0.39, 0.29) is 0 Å². The zero-order valence-corrected chi connectivity index (χ0v) is 9.54. The van der Waals surface area contributed by atoms with Gasteiger partial charge in [-0.1, -0.05) is 13.8 Å². The molecule has 0 amide bonds. The highest BCUT2D eigenvalue weighted by Gasteiger charge is 2.21. The van der Waals surface area contributed by atoms with Crippen molar-refractivity contribution in [3.05, 3.63) is 0 Å². The average Bonchev–Trinajstić information content (AvgIpc) is 2.11. The third-order valence-corrected chi connectivity index (χ3v) is 2.67. The van der Waals surface area contributed by atoms with Crippen LogP contribution in [-0.2, 0) is 4.74 Å². The minimum Gasteiger partial charge on any atom is -0.380 e. The molecule has 3 heteroatoms. The summed E-state index contributed by atoms with van der Waals surface area (Å²) in [6.07, 6.45) is 2.28. The highest BCUT2D eigenvalue weighted by Crippen LogP contribution is 2.14. The maximum absolute atomic E-state index is 5.96. The van der Waals surface area contributed by atoms with Crippen molar-refractivity contribution in [1.29, 1.82) is 0 Å². The molecule has 0 bridgehead atoms. The standard InChI is InChI=1S/C11H24N2O/c1-3-5-14-6-4-13-8-10(2)7-11(12)9-13/h10-11H,3-9,12H2,1-2H3. The van der Waals surface area contributed by atoms with Crippen molar-refractivity contribution in [2.24, 2.45) is 11.7 Å². The molecule has 2 N–H and O–H groups in total. The Balaban J connectivity index is 2.10. The molecule has 0 aromatic heterocycles.